The van der Waals surface area contributed by atoms with Crippen LogP contribution < -0.4 is 5.73 Å². The van der Waals surface area contributed by atoms with Gasteiger partial charge in [0.15, 0.2) is 6.29 Å². The van der Waals surface area contributed by atoms with Gasteiger partial charge in [-0.1, -0.05) is 6.92 Å². The summed E-state index contributed by atoms with van der Waals surface area (Å²) in [5, 5.41) is 9.32. The summed E-state index contributed by atoms with van der Waals surface area (Å²) in [6.07, 6.45) is -0.288. The van der Waals surface area contributed by atoms with E-state index >= 15 is 0 Å². The number of aliphatic hydroxyl groups excluding tert-OH is 1. The minimum Gasteiger partial charge on any atom is -0.367 e. The Morgan fingerprint density at radius 3 is 2.64 bits per heavy atom. The van der Waals surface area contributed by atoms with Gasteiger partial charge in [0.05, 0.1) is 12.6 Å². The summed E-state index contributed by atoms with van der Waals surface area (Å²) in [5.74, 6) is -0.0251. The van der Waals surface area contributed by atoms with Crippen LogP contribution in [-0.2, 0) is 9.53 Å². The maximum atomic E-state index is 10.8. The molecule has 0 bridgehead atoms. The summed E-state index contributed by atoms with van der Waals surface area (Å²) in [6, 6.07) is -0.363. The molecule has 1 unspecified atom stereocenters. The third-order valence-corrected chi connectivity index (χ3v) is 2.09. The normalized spacial score (nSPS) is 14.9. The van der Waals surface area contributed by atoms with Crippen molar-refractivity contribution in [1.82, 2.24) is 4.90 Å². The fourth-order valence-corrected chi connectivity index (χ4v) is 0.793. The number of carbonyl (C=O) groups is 1. The van der Waals surface area contributed by atoms with Gasteiger partial charge in [0, 0.05) is 20.5 Å². The highest BCUT2D eigenvalue weighted by Crippen LogP contribution is 1.97. The van der Waals surface area contributed by atoms with E-state index < -0.39 is 6.29 Å². The molecule has 0 radical (unpaired) electrons. The van der Waals surface area contributed by atoms with Gasteiger partial charge < -0.3 is 20.5 Å². The second kappa shape index (κ2) is 6.75. The summed E-state index contributed by atoms with van der Waals surface area (Å²) in [4.78, 5) is 12.3. The van der Waals surface area contributed by atoms with Gasteiger partial charge in [0.2, 0.25) is 5.91 Å². The summed E-state index contributed by atoms with van der Waals surface area (Å²) >= 11 is 0. The Hall–Kier alpha value is -0.650. The van der Waals surface area contributed by atoms with Crippen molar-refractivity contribution in [1.29, 1.82) is 0 Å². The Balaban J connectivity index is 3.58. The standard InChI is InChI=1S/C9H20N2O3/c1-4-8(10)9(13)14-6-5-11(3)7(2)12/h8-9,13H,4-6,10H2,1-3H3/t8-,9?/m0/s1. The van der Waals surface area contributed by atoms with E-state index in [9.17, 15) is 9.90 Å². The number of nitrogens with two attached hydrogens (primary N) is 1. The van der Waals surface area contributed by atoms with E-state index in [4.69, 9.17) is 10.5 Å². The Morgan fingerprint density at radius 1 is 1.64 bits per heavy atom. The first-order chi connectivity index (χ1) is 6.49. The molecule has 0 aliphatic heterocycles. The average Bonchev–Trinajstić information content (AvgIpc) is 2.15. The minimum absolute atomic E-state index is 0.0251. The van der Waals surface area contributed by atoms with Crippen LogP contribution in [-0.4, -0.2) is 48.4 Å². The second-order valence-electron chi connectivity index (χ2n) is 3.27. The molecule has 5 nitrogen and oxygen atoms in total. The smallest absolute Gasteiger partial charge is 0.219 e. The molecule has 0 saturated carbocycles. The van der Waals surface area contributed by atoms with Gasteiger partial charge in [0.1, 0.15) is 0 Å². The van der Waals surface area contributed by atoms with E-state index in [-0.39, 0.29) is 11.9 Å². The summed E-state index contributed by atoms with van der Waals surface area (Å²) < 4.78 is 5.05. The first-order valence-electron chi connectivity index (χ1n) is 4.76. The first-order valence-corrected chi connectivity index (χ1v) is 4.76. The molecule has 0 aromatic carbocycles. The van der Waals surface area contributed by atoms with Gasteiger partial charge >= 0.3 is 0 Å². The van der Waals surface area contributed by atoms with Gasteiger partial charge in [-0.25, -0.2) is 0 Å². The Kier molecular flexibility index (Phi) is 6.44. The Bertz CT molecular complexity index is 175. The second-order valence-corrected chi connectivity index (χ2v) is 3.27. The van der Waals surface area contributed by atoms with E-state index in [1.165, 1.54) is 11.8 Å². The Morgan fingerprint density at radius 2 is 2.21 bits per heavy atom. The lowest BCUT2D eigenvalue weighted by Gasteiger charge is -2.20. The number of likely N-dealkylation sites (N-methyl/N-ethyl adjacent to an activating group) is 1. The number of rotatable bonds is 6. The summed E-state index contributed by atoms with van der Waals surface area (Å²) in [7, 11) is 1.68. The molecule has 14 heavy (non-hydrogen) atoms. The summed E-state index contributed by atoms with van der Waals surface area (Å²) in [6.45, 7) is 4.11. The van der Waals surface area contributed by atoms with Gasteiger partial charge in [0.25, 0.3) is 0 Å². The molecule has 0 aromatic rings. The predicted molar refractivity (Wildman–Crippen MR) is 53.5 cm³/mol. The minimum atomic E-state index is -0.944. The zero-order valence-electron chi connectivity index (χ0n) is 9.06. The van der Waals surface area contributed by atoms with Crippen LogP contribution in [0.4, 0.5) is 0 Å². The van der Waals surface area contributed by atoms with Crippen LogP contribution in [0, 0.1) is 0 Å². The molecular formula is C9H20N2O3. The highest BCUT2D eigenvalue weighted by atomic mass is 16.6. The molecule has 0 rings (SSSR count). The SMILES string of the molecule is CC[C@H](N)C(O)OCCN(C)C(C)=O. The maximum absolute atomic E-state index is 10.8. The van der Waals surface area contributed by atoms with Crippen molar-refractivity contribution < 1.29 is 14.6 Å². The van der Waals surface area contributed by atoms with Crippen molar-refractivity contribution in [2.75, 3.05) is 20.2 Å². The maximum Gasteiger partial charge on any atom is 0.219 e. The molecule has 0 fully saturated rings. The average molecular weight is 204 g/mol. The van der Waals surface area contributed by atoms with Gasteiger partial charge in [-0.05, 0) is 6.42 Å². The van der Waals surface area contributed by atoms with Crippen LogP contribution >= 0.6 is 0 Å². The van der Waals surface area contributed by atoms with Crippen LogP contribution in [0.2, 0.25) is 0 Å². The number of aliphatic hydroxyl groups is 1. The topological polar surface area (TPSA) is 75.8 Å². The molecule has 0 spiro atoms. The highest BCUT2D eigenvalue weighted by Gasteiger charge is 2.12. The predicted octanol–water partition coefficient (Wildman–Crippen LogP) is -0.463. The molecule has 3 N–H and O–H groups in total. The Labute approximate surface area is 84.8 Å². The van der Waals surface area contributed by atoms with Crippen LogP contribution in [0.25, 0.3) is 0 Å². The van der Waals surface area contributed by atoms with Crippen LogP contribution in [0.1, 0.15) is 20.3 Å². The third kappa shape index (κ3) is 5.16. The van der Waals surface area contributed by atoms with Crippen LogP contribution in [0.5, 0.6) is 0 Å². The highest BCUT2D eigenvalue weighted by molar-refractivity contribution is 5.72. The molecule has 2 atom stereocenters. The lowest BCUT2D eigenvalue weighted by molar-refractivity contribution is -0.134. The zero-order chi connectivity index (χ0) is 11.1. The molecular weight excluding hydrogens is 184 g/mol. The van der Waals surface area contributed by atoms with Gasteiger partial charge in [-0.3, -0.25) is 4.79 Å². The molecule has 0 aromatic heterocycles. The van der Waals surface area contributed by atoms with Crippen molar-refractivity contribution in [3.63, 3.8) is 0 Å². The number of carbonyl (C=O) groups excluding carboxylic acids is 1. The summed E-state index contributed by atoms with van der Waals surface area (Å²) in [5.41, 5.74) is 5.54. The van der Waals surface area contributed by atoms with Crippen molar-refractivity contribution in [2.45, 2.75) is 32.6 Å². The fraction of sp³-hybridized carbons (Fsp3) is 0.889. The number of amides is 1. The fourth-order valence-electron chi connectivity index (χ4n) is 0.793. The van der Waals surface area contributed by atoms with E-state index in [1.54, 1.807) is 7.05 Å². The van der Waals surface area contributed by atoms with E-state index in [1.807, 2.05) is 6.92 Å². The first kappa shape index (κ1) is 13.4. The number of hydrogen-bond acceptors (Lipinski definition) is 4. The molecule has 84 valence electrons. The molecule has 0 aliphatic carbocycles. The third-order valence-electron chi connectivity index (χ3n) is 2.09. The van der Waals surface area contributed by atoms with Crippen molar-refractivity contribution in [3.05, 3.63) is 0 Å². The largest absolute Gasteiger partial charge is 0.367 e. The molecule has 0 aliphatic rings. The molecule has 0 heterocycles. The van der Waals surface area contributed by atoms with Crippen molar-refractivity contribution in [2.24, 2.45) is 5.73 Å². The monoisotopic (exact) mass is 204 g/mol. The number of ether oxygens (including phenoxy) is 1. The van der Waals surface area contributed by atoms with Crippen molar-refractivity contribution in [3.8, 4) is 0 Å². The zero-order valence-corrected chi connectivity index (χ0v) is 9.06. The molecule has 5 heteroatoms. The molecule has 0 saturated heterocycles. The lowest BCUT2D eigenvalue weighted by Crippen LogP contribution is -2.38. The van der Waals surface area contributed by atoms with E-state index in [2.05, 4.69) is 0 Å². The van der Waals surface area contributed by atoms with E-state index in [0.717, 1.165) is 0 Å². The quantitative estimate of drug-likeness (QED) is 0.574. The molecule has 1 amide bonds. The van der Waals surface area contributed by atoms with Crippen LogP contribution in [0.3, 0.4) is 0 Å². The number of hydrogen-bond donors (Lipinski definition) is 2. The van der Waals surface area contributed by atoms with Crippen LogP contribution in [0.15, 0.2) is 0 Å². The number of nitrogens with zero attached hydrogens (tertiary/aromatic N) is 1. The van der Waals surface area contributed by atoms with E-state index in [0.29, 0.717) is 19.6 Å². The van der Waals surface area contributed by atoms with Gasteiger partial charge in [-0.2, -0.15) is 0 Å². The lowest BCUT2D eigenvalue weighted by atomic mass is 10.2. The van der Waals surface area contributed by atoms with Gasteiger partial charge in [-0.15, -0.1) is 0 Å². The van der Waals surface area contributed by atoms with Crippen molar-refractivity contribution >= 4 is 5.91 Å².